The van der Waals surface area contributed by atoms with Crippen molar-refractivity contribution in [2.75, 3.05) is 18.8 Å². The third kappa shape index (κ3) is 4.34. The maximum Gasteiger partial charge on any atom is 0.153 e. The Bertz CT molecular complexity index is 719. The minimum atomic E-state index is 0.128. The van der Waals surface area contributed by atoms with E-state index in [-0.39, 0.29) is 4.75 Å². The molecule has 0 spiro atoms. The molecule has 1 aliphatic rings. The summed E-state index contributed by atoms with van der Waals surface area (Å²) >= 11 is 1.78. The van der Waals surface area contributed by atoms with Crippen LogP contribution in [0.1, 0.15) is 39.4 Å². The van der Waals surface area contributed by atoms with Gasteiger partial charge < -0.3 is 11.5 Å². The van der Waals surface area contributed by atoms with E-state index >= 15 is 0 Å². The van der Waals surface area contributed by atoms with Gasteiger partial charge in [0.2, 0.25) is 0 Å². The van der Waals surface area contributed by atoms with E-state index in [4.69, 9.17) is 16.5 Å². The third-order valence-electron chi connectivity index (χ3n) is 4.01. The maximum absolute atomic E-state index is 6.10. The summed E-state index contributed by atoms with van der Waals surface area (Å²) in [6.45, 7) is 9.23. The van der Waals surface area contributed by atoms with Crippen molar-refractivity contribution < 1.29 is 0 Å². The molecule has 4 N–H and O–H groups in total. The summed E-state index contributed by atoms with van der Waals surface area (Å²) in [5.41, 5.74) is 13.6. The van der Waals surface area contributed by atoms with Gasteiger partial charge in [-0.25, -0.2) is 15.0 Å². The van der Waals surface area contributed by atoms with Crippen molar-refractivity contribution in [2.45, 2.75) is 55.8 Å². The van der Waals surface area contributed by atoms with Crippen molar-refractivity contribution in [3.63, 3.8) is 0 Å². The summed E-state index contributed by atoms with van der Waals surface area (Å²) < 4.78 is 0.128. The van der Waals surface area contributed by atoms with Crippen LogP contribution in [-0.4, -0.2) is 43.7 Å². The van der Waals surface area contributed by atoms with Crippen molar-refractivity contribution in [1.29, 1.82) is 0 Å². The van der Waals surface area contributed by atoms with Gasteiger partial charge >= 0.3 is 0 Å². The molecule has 24 heavy (non-hydrogen) atoms. The Kier molecular flexibility index (Phi) is 4.94. The summed E-state index contributed by atoms with van der Waals surface area (Å²) in [6.07, 6.45) is 3.90. The summed E-state index contributed by atoms with van der Waals surface area (Å²) in [7, 11) is 0. The summed E-state index contributed by atoms with van der Waals surface area (Å²) in [6, 6.07) is 2.39. The Morgan fingerprint density at radius 2 is 1.96 bits per heavy atom. The third-order valence-corrected chi connectivity index (χ3v) is 5.08. The number of nitrogens with two attached hydrogens (primary N) is 2. The van der Waals surface area contributed by atoms with E-state index in [1.807, 2.05) is 6.20 Å². The molecule has 6 nitrogen and oxygen atoms in total. The van der Waals surface area contributed by atoms with Gasteiger partial charge in [0.05, 0.1) is 12.1 Å². The predicted octanol–water partition coefficient (Wildman–Crippen LogP) is 2.42. The average molecular weight is 347 g/mol. The lowest BCUT2D eigenvalue weighted by Gasteiger charge is -2.29. The lowest BCUT2D eigenvalue weighted by Crippen LogP contribution is -2.39. The summed E-state index contributed by atoms with van der Waals surface area (Å²) in [5, 5.41) is 0. The number of likely N-dealkylation sites (tertiary alicyclic amines) is 1. The van der Waals surface area contributed by atoms with Crippen LogP contribution in [0.15, 0.2) is 17.2 Å². The first-order valence-corrected chi connectivity index (χ1v) is 9.21. The minimum absolute atomic E-state index is 0.128. The SMILES string of the molecule is CC(C)(C)Sc1cnc2c(N)nc(CN3CCC(N)CC3)nc2c1. The van der Waals surface area contributed by atoms with E-state index in [2.05, 4.69) is 41.7 Å². The summed E-state index contributed by atoms with van der Waals surface area (Å²) in [4.78, 5) is 17.0. The number of hydrogen-bond acceptors (Lipinski definition) is 7. The molecule has 0 bridgehead atoms. The van der Waals surface area contributed by atoms with Crippen molar-refractivity contribution in [2.24, 2.45) is 5.73 Å². The van der Waals surface area contributed by atoms with Gasteiger partial charge in [-0.05, 0) is 18.9 Å². The Morgan fingerprint density at radius 1 is 1.25 bits per heavy atom. The molecule has 0 amide bonds. The Morgan fingerprint density at radius 3 is 2.62 bits per heavy atom. The van der Waals surface area contributed by atoms with Gasteiger partial charge in [0.1, 0.15) is 11.3 Å². The molecular weight excluding hydrogens is 320 g/mol. The normalized spacial score (nSPS) is 17.5. The van der Waals surface area contributed by atoms with Crippen LogP contribution < -0.4 is 11.5 Å². The second-order valence-electron chi connectivity index (χ2n) is 7.39. The Labute approximate surface area is 147 Å². The second kappa shape index (κ2) is 6.82. The van der Waals surface area contributed by atoms with E-state index in [1.54, 1.807) is 11.8 Å². The fraction of sp³-hybridized carbons (Fsp3) is 0.588. The van der Waals surface area contributed by atoms with Crippen LogP contribution in [-0.2, 0) is 6.54 Å². The van der Waals surface area contributed by atoms with Gasteiger partial charge in [0, 0.05) is 35.0 Å². The molecule has 2 aromatic rings. The monoisotopic (exact) mass is 346 g/mol. The molecule has 0 unspecified atom stereocenters. The zero-order valence-corrected chi connectivity index (χ0v) is 15.4. The van der Waals surface area contributed by atoms with Gasteiger partial charge in [0.25, 0.3) is 0 Å². The standard InChI is InChI=1S/C17H26N6S/c1-17(2,3)24-12-8-13-15(20-9-12)16(19)22-14(21-13)10-23-6-4-11(18)5-7-23/h8-9,11H,4-7,10,18H2,1-3H3,(H2,19,21,22). The van der Waals surface area contributed by atoms with E-state index in [0.29, 0.717) is 23.9 Å². The van der Waals surface area contributed by atoms with E-state index in [9.17, 15) is 0 Å². The molecule has 0 radical (unpaired) electrons. The van der Waals surface area contributed by atoms with Crippen molar-refractivity contribution in [1.82, 2.24) is 19.9 Å². The van der Waals surface area contributed by atoms with Gasteiger partial charge in [-0.15, -0.1) is 11.8 Å². The van der Waals surface area contributed by atoms with E-state index in [1.165, 1.54) is 0 Å². The van der Waals surface area contributed by atoms with Crippen LogP contribution in [0.5, 0.6) is 0 Å². The molecule has 0 aromatic carbocycles. The number of anilines is 1. The number of piperidine rings is 1. The van der Waals surface area contributed by atoms with Crippen LogP contribution in [0.3, 0.4) is 0 Å². The minimum Gasteiger partial charge on any atom is -0.382 e. The van der Waals surface area contributed by atoms with Crippen LogP contribution >= 0.6 is 11.8 Å². The van der Waals surface area contributed by atoms with Crippen LogP contribution in [0, 0.1) is 0 Å². The molecule has 1 aliphatic heterocycles. The van der Waals surface area contributed by atoms with Crippen LogP contribution in [0.25, 0.3) is 11.0 Å². The van der Waals surface area contributed by atoms with E-state index < -0.39 is 0 Å². The van der Waals surface area contributed by atoms with Crippen molar-refractivity contribution in [3.05, 3.63) is 18.1 Å². The molecule has 0 atom stereocenters. The first-order chi connectivity index (χ1) is 11.3. The fourth-order valence-electron chi connectivity index (χ4n) is 2.86. The number of pyridine rings is 1. The molecule has 130 valence electrons. The zero-order valence-electron chi connectivity index (χ0n) is 14.6. The Balaban J connectivity index is 1.84. The van der Waals surface area contributed by atoms with E-state index in [0.717, 1.165) is 42.2 Å². The highest BCUT2D eigenvalue weighted by Crippen LogP contribution is 2.32. The van der Waals surface area contributed by atoms with Gasteiger partial charge in [-0.2, -0.15) is 0 Å². The maximum atomic E-state index is 6.10. The highest BCUT2D eigenvalue weighted by Gasteiger charge is 2.18. The van der Waals surface area contributed by atoms with Crippen LogP contribution in [0.2, 0.25) is 0 Å². The molecule has 3 rings (SSSR count). The predicted molar refractivity (Wildman–Crippen MR) is 99.8 cm³/mol. The van der Waals surface area contributed by atoms with Gasteiger partial charge in [0.15, 0.2) is 5.82 Å². The first-order valence-electron chi connectivity index (χ1n) is 8.39. The van der Waals surface area contributed by atoms with Crippen molar-refractivity contribution >= 4 is 28.6 Å². The lowest BCUT2D eigenvalue weighted by atomic mass is 10.1. The molecule has 0 aliphatic carbocycles. The molecule has 1 saturated heterocycles. The largest absolute Gasteiger partial charge is 0.382 e. The number of aromatic nitrogens is 3. The number of rotatable bonds is 3. The van der Waals surface area contributed by atoms with Gasteiger partial charge in [-0.1, -0.05) is 20.8 Å². The molecule has 2 aromatic heterocycles. The Hall–Kier alpha value is -1.44. The number of nitrogens with zero attached hydrogens (tertiary/aromatic N) is 4. The summed E-state index contributed by atoms with van der Waals surface area (Å²) in [5.74, 6) is 1.21. The highest BCUT2D eigenvalue weighted by molar-refractivity contribution is 8.00. The first kappa shape index (κ1) is 17.4. The molecular formula is C17H26N6S. The fourth-order valence-corrected chi connectivity index (χ4v) is 3.85. The topological polar surface area (TPSA) is 94.0 Å². The molecule has 1 fully saturated rings. The second-order valence-corrected chi connectivity index (χ2v) is 9.29. The average Bonchev–Trinajstić information content (AvgIpc) is 2.47. The highest BCUT2D eigenvalue weighted by atomic mass is 32.2. The molecule has 0 saturated carbocycles. The van der Waals surface area contributed by atoms with Crippen molar-refractivity contribution in [3.8, 4) is 0 Å². The van der Waals surface area contributed by atoms with Gasteiger partial charge in [-0.3, -0.25) is 4.90 Å². The smallest absolute Gasteiger partial charge is 0.153 e. The lowest BCUT2D eigenvalue weighted by molar-refractivity contribution is 0.201. The number of fused-ring (bicyclic) bond motifs is 1. The number of hydrogen-bond donors (Lipinski definition) is 2. The number of nitrogen functional groups attached to an aromatic ring is 1. The number of thioether (sulfide) groups is 1. The zero-order chi connectivity index (χ0) is 17.3. The molecule has 7 heteroatoms. The van der Waals surface area contributed by atoms with Crippen LogP contribution in [0.4, 0.5) is 5.82 Å². The quantitative estimate of drug-likeness (QED) is 0.824. The molecule has 3 heterocycles.